The minimum atomic E-state index is -0.0876. The summed E-state index contributed by atoms with van der Waals surface area (Å²) < 4.78 is 2.22. The number of nitrogens with zero attached hydrogens (tertiary/aromatic N) is 1. The number of para-hydroxylation sites is 1. The molecule has 0 spiro atoms. The number of amides is 1. The highest BCUT2D eigenvalue weighted by Gasteiger charge is 2.13. The second-order valence-corrected chi connectivity index (χ2v) is 8.96. The lowest BCUT2D eigenvalue weighted by Crippen LogP contribution is -2.27. The smallest absolute Gasteiger partial charge is 0.251 e. The van der Waals surface area contributed by atoms with E-state index >= 15 is 0 Å². The van der Waals surface area contributed by atoms with Crippen LogP contribution in [0.5, 0.6) is 0 Å². The van der Waals surface area contributed by atoms with Gasteiger partial charge in [0.2, 0.25) is 0 Å². The van der Waals surface area contributed by atoms with Crippen LogP contribution in [0.1, 0.15) is 28.1 Å². The standard InChI is InChI=1S/C25H23ClN2OS/c1-18(19-7-3-2-4-8-19)30-24-17-28(23-10-6-5-9-22(23)24)16-15-27-25(29)20-11-13-21(26)14-12-20/h2-14,17-18H,15-16H2,1H3,(H,27,29). The van der Waals surface area contributed by atoms with Gasteiger partial charge in [-0.15, -0.1) is 11.8 Å². The van der Waals surface area contributed by atoms with E-state index in [4.69, 9.17) is 11.6 Å². The number of hydrogen-bond donors (Lipinski definition) is 1. The van der Waals surface area contributed by atoms with Gasteiger partial charge in [-0.3, -0.25) is 4.79 Å². The van der Waals surface area contributed by atoms with Crippen LogP contribution in [-0.4, -0.2) is 17.0 Å². The molecule has 0 saturated heterocycles. The van der Waals surface area contributed by atoms with Crippen molar-refractivity contribution in [3.63, 3.8) is 0 Å². The molecule has 1 aromatic heterocycles. The summed E-state index contributed by atoms with van der Waals surface area (Å²) in [6.45, 7) is 3.50. The zero-order chi connectivity index (χ0) is 20.9. The van der Waals surface area contributed by atoms with Crippen molar-refractivity contribution in [2.45, 2.75) is 23.6 Å². The molecule has 4 rings (SSSR count). The summed E-state index contributed by atoms with van der Waals surface area (Å²) in [4.78, 5) is 13.6. The molecule has 0 aliphatic rings. The van der Waals surface area contributed by atoms with Gasteiger partial charge in [-0.2, -0.15) is 0 Å². The van der Waals surface area contributed by atoms with E-state index in [0.29, 0.717) is 28.9 Å². The third-order valence-electron chi connectivity index (χ3n) is 5.07. The van der Waals surface area contributed by atoms with Crippen molar-refractivity contribution in [1.82, 2.24) is 9.88 Å². The quantitative estimate of drug-likeness (QED) is 0.333. The van der Waals surface area contributed by atoms with E-state index in [-0.39, 0.29) is 5.91 Å². The fourth-order valence-corrected chi connectivity index (χ4v) is 4.76. The summed E-state index contributed by atoms with van der Waals surface area (Å²) in [5, 5.41) is 5.22. The van der Waals surface area contributed by atoms with Crippen molar-refractivity contribution >= 4 is 40.2 Å². The Bertz CT molecular complexity index is 1140. The Hall–Kier alpha value is -2.69. The topological polar surface area (TPSA) is 34.0 Å². The maximum Gasteiger partial charge on any atom is 0.251 e. The number of nitrogens with one attached hydrogen (secondary N) is 1. The normalized spacial score (nSPS) is 12.1. The van der Waals surface area contributed by atoms with Crippen LogP contribution in [0.2, 0.25) is 5.02 Å². The Balaban J connectivity index is 1.46. The summed E-state index contributed by atoms with van der Waals surface area (Å²) in [5.41, 5.74) is 3.11. The first-order valence-corrected chi connectivity index (χ1v) is 11.2. The van der Waals surface area contributed by atoms with Gasteiger partial charge in [0, 0.05) is 50.9 Å². The van der Waals surface area contributed by atoms with Crippen LogP contribution >= 0.6 is 23.4 Å². The van der Waals surface area contributed by atoms with Crippen molar-refractivity contribution in [3.05, 3.63) is 101 Å². The van der Waals surface area contributed by atoms with Crippen molar-refractivity contribution in [2.24, 2.45) is 0 Å². The first kappa shape index (κ1) is 20.6. The molecule has 3 nitrogen and oxygen atoms in total. The van der Waals surface area contributed by atoms with Crippen LogP contribution in [-0.2, 0) is 6.54 Å². The minimum absolute atomic E-state index is 0.0876. The van der Waals surface area contributed by atoms with E-state index in [1.807, 2.05) is 17.8 Å². The number of carbonyl (C=O) groups excluding carboxylic acids is 1. The zero-order valence-corrected chi connectivity index (χ0v) is 18.3. The van der Waals surface area contributed by atoms with Crippen LogP contribution in [0.4, 0.5) is 0 Å². The van der Waals surface area contributed by atoms with Crippen LogP contribution in [0.15, 0.2) is 90.0 Å². The number of carbonyl (C=O) groups is 1. The number of aromatic nitrogens is 1. The second-order valence-electron chi connectivity index (χ2n) is 7.14. The van der Waals surface area contributed by atoms with Crippen molar-refractivity contribution in [3.8, 4) is 0 Å². The van der Waals surface area contributed by atoms with Gasteiger partial charge < -0.3 is 9.88 Å². The molecule has 1 N–H and O–H groups in total. The van der Waals surface area contributed by atoms with Crippen LogP contribution in [0.3, 0.4) is 0 Å². The lowest BCUT2D eigenvalue weighted by Gasteiger charge is -2.10. The average Bonchev–Trinajstić information content (AvgIpc) is 3.12. The molecule has 4 aromatic rings. The molecule has 0 aliphatic carbocycles. The third-order valence-corrected chi connectivity index (χ3v) is 6.53. The Morgan fingerprint density at radius 2 is 1.70 bits per heavy atom. The first-order valence-electron chi connectivity index (χ1n) is 9.95. The molecular formula is C25H23ClN2OS. The molecule has 1 heterocycles. The third kappa shape index (κ3) is 4.72. The highest BCUT2D eigenvalue weighted by Crippen LogP contribution is 2.39. The fourth-order valence-electron chi connectivity index (χ4n) is 3.47. The molecule has 0 aliphatic heterocycles. The predicted molar refractivity (Wildman–Crippen MR) is 126 cm³/mol. The Morgan fingerprint density at radius 3 is 2.47 bits per heavy atom. The molecule has 3 aromatic carbocycles. The molecule has 5 heteroatoms. The largest absolute Gasteiger partial charge is 0.350 e. The van der Waals surface area contributed by atoms with Crippen LogP contribution in [0, 0.1) is 0 Å². The van der Waals surface area contributed by atoms with Gasteiger partial charge in [0.1, 0.15) is 0 Å². The fraction of sp³-hybridized carbons (Fsp3) is 0.160. The van der Waals surface area contributed by atoms with E-state index in [9.17, 15) is 4.79 Å². The molecule has 1 amide bonds. The number of benzene rings is 3. The molecule has 1 unspecified atom stereocenters. The van der Waals surface area contributed by atoms with Gasteiger partial charge in [0.05, 0.1) is 0 Å². The molecule has 0 bridgehead atoms. The van der Waals surface area contributed by atoms with E-state index < -0.39 is 0 Å². The zero-order valence-electron chi connectivity index (χ0n) is 16.7. The monoisotopic (exact) mass is 434 g/mol. The number of halogens is 1. The number of hydrogen-bond acceptors (Lipinski definition) is 2. The summed E-state index contributed by atoms with van der Waals surface area (Å²) in [6.07, 6.45) is 2.20. The van der Waals surface area contributed by atoms with E-state index in [1.165, 1.54) is 21.4 Å². The molecule has 0 saturated carbocycles. The Morgan fingerprint density at radius 1 is 1.00 bits per heavy atom. The first-order chi connectivity index (χ1) is 14.6. The van der Waals surface area contributed by atoms with E-state index in [0.717, 1.165) is 0 Å². The summed E-state index contributed by atoms with van der Waals surface area (Å²) in [5.74, 6) is -0.0876. The van der Waals surface area contributed by atoms with Gasteiger partial charge in [0.15, 0.2) is 0 Å². The number of thioether (sulfide) groups is 1. The minimum Gasteiger partial charge on any atom is -0.350 e. The Kier molecular flexibility index (Phi) is 6.46. The SMILES string of the molecule is CC(Sc1cn(CCNC(=O)c2ccc(Cl)cc2)c2ccccc12)c1ccccc1. The van der Waals surface area contributed by atoms with E-state index in [2.05, 4.69) is 71.5 Å². The molecule has 30 heavy (non-hydrogen) atoms. The molecule has 0 fully saturated rings. The van der Waals surface area contributed by atoms with Crippen LogP contribution in [0.25, 0.3) is 10.9 Å². The van der Waals surface area contributed by atoms with Gasteiger partial charge >= 0.3 is 0 Å². The average molecular weight is 435 g/mol. The van der Waals surface area contributed by atoms with Crippen molar-refractivity contribution < 1.29 is 4.79 Å². The lowest BCUT2D eigenvalue weighted by atomic mass is 10.2. The predicted octanol–water partition coefficient (Wildman–Crippen LogP) is 6.58. The lowest BCUT2D eigenvalue weighted by molar-refractivity contribution is 0.0952. The molecular weight excluding hydrogens is 412 g/mol. The maximum atomic E-state index is 12.3. The number of fused-ring (bicyclic) bond motifs is 1. The number of rotatable bonds is 7. The maximum absolute atomic E-state index is 12.3. The molecule has 1 atom stereocenters. The molecule has 152 valence electrons. The van der Waals surface area contributed by atoms with Gasteiger partial charge in [0.25, 0.3) is 5.91 Å². The highest BCUT2D eigenvalue weighted by molar-refractivity contribution is 7.99. The second kappa shape index (κ2) is 9.41. The highest BCUT2D eigenvalue weighted by atomic mass is 35.5. The summed E-state index contributed by atoms with van der Waals surface area (Å²) in [7, 11) is 0. The van der Waals surface area contributed by atoms with Crippen LogP contribution < -0.4 is 5.32 Å². The van der Waals surface area contributed by atoms with Gasteiger partial charge in [-0.05, 0) is 42.8 Å². The van der Waals surface area contributed by atoms with Gasteiger partial charge in [-0.1, -0.05) is 60.1 Å². The van der Waals surface area contributed by atoms with Crippen molar-refractivity contribution in [2.75, 3.05) is 6.54 Å². The molecule has 0 radical (unpaired) electrons. The van der Waals surface area contributed by atoms with Gasteiger partial charge in [-0.25, -0.2) is 0 Å². The summed E-state index contributed by atoms with van der Waals surface area (Å²) >= 11 is 7.76. The van der Waals surface area contributed by atoms with E-state index in [1.54, 1.807) is 24.3 Å². The Labute approximate surface area is 186 Å². The summed E-state index contributed by atoms with van der Waals surface area (Å²) in [6, 6.07) is 25.9. The van der Waals surface area contributed by atoms with Crippen molar-refractivity contribution in [1.29, 1.82) is 0 Å².